The number of benzene rings is 2. The van der Waals surface area contributed by atoms with Crippen LogP contribution in [0, 0.1) is 13.8 Å². The summed E-state index contributed by atoms with van der Waals surface area (Å²) in [6, 6.07) is 10.6. The highest BCUT2D eigenvalue weighted by Crippen LogP contribution is 2.41. The lowest BCUT2D eigenvalue weighted by Gasteiger charge is -2.31. The van der Waals surface area contributed by atoms with Gasteiger partial charge in [0.05, 0.1) is 0 Å². The second kappa shape index (κ2) is 5.04. The number of allylic oxidation sites excluding steroid dienone is 2. The number of furan rings is 1. The zero-order valence-electron chi connectivity index (χ0n) is 15.3. The predicted octanol–water partition coefficient (Wildman–Crippen LogP) is 5.55. The van der Waals surface area contributed by atoms with Crippen LogP contribution in [0.5, 0.6) is 0 Å². The first-order valence-electron chi connectivity index (χ1n) is 8.52. The lowest BCUT2D eigenvalue weighted by molar-refractivity contribution is 0.357. The van der Waals surface area contributed by atoms with Crippen LogP contribution in [0.2, 0.25) is 0 Å². The van der Waals surface area contributed by atoms with E-state index in [0.29, 0.717) is 6.17 Å². The van der Waals surface area contributed by atoms with Crippen molar-refractivity contribution in [3.63, 3.8) is 0 Å². The first-order valence-corrected chi connectivity index (χ1v) is 8.52. The van der Waals surface area contributed by atoms with E-state index in [0.717, 1.165) is 11.2 Å². The average molecular weight is 320 g/mol. The zero-order valence-corrected chi connectivity index (χ0v) is 15.3. The summed E-state index contributed by atoms with van der Waals surface area (Å²) in [7, 11) is 2.16. The molecule has 24 heavy (non-hydrogen) atoms. The highest BCUT2D eigenvalue weighted by molar-refractivity contribution is 6.07. The summed E-state index contributed by atoms with van der Waals surface area (Å²) in [5, 5.41) is 2.39. The van der Waals surface area contributed by atoms with Crippen molar-refractivity contribution >= 4 is 27.6 Å². The monoisotopic (exact) mass is 320 g/mol. The minimum absolute atomic E-state index is 0.318. The summed E-state index contributed by atoms with van der Waals surface area (Å²) in [5.41, 5.74) is 8.41. The number of hydrogen-bond acceptors (Lipinski definition) is 3. The molecule has 0 N–H and O–H groups in total. The van der Waals surface area contributed by atoms with E-state index in [1.807, 2.05) is 12.1 Å². The Morgan fingerprint density at radius 2 is 1.62 bits per heavy atom. The summed E-state index contributed by atoms with van der Waals surface area (Å²) in [5.74, 6) is 0. The summed E-state index contributed by atoms with van der Waals surface area (Å²) in [6.45, 7) is 11.0. The molecule has 0 saturated heterocycles. The predicted molar refractivity (Wildman–Crippen MR) is 101 cm³/mol. The minimum Gasteiger partial charge on any atom is -0.456 e. The third-order valence-corrected chi connectivity index (χ3v) is 5.81. The highest BCUT2D eigenvalue weighted by Gasteiger charge is 2.31. The molecule has 0 fully saturated rings. The Bertz CT molecular complexity index is 996. The third kappa shape index (κ3) is 1.84. The maximum absolute atomic E-state index is 6.14. The first kappa shape index (κ1) is 15.1. The quantitative estimate of drug-likeness (QED) is 0.586. The Hall–Kier alpha value is -2.42. The Balaban J connectivity index is 2.03. The van der Waals surface area contributed by atoms with Crippen LogP contribution >= 0.6 is 0 Å². The third-order valence-electron chi connectivity index (χ3n) is 5.81. The summed E-state index contributed by atoms with van der Waals surface area (Å²) < 4.78 is 6.14. The molecule has 1 aliphatic heterocycles. The van der Waals surface area contributed by atoms with Crippen LogP contribution in [0.4, 0.5) is 5.69 Å². The van der Waals surface area contributed by atoms with Gasteiger partial charge in [0, 0.05) is 34.9 Å². The molecular weight excluding hydrogens is 296 g/mol. The molecule has 1 aromatic heterocycles. The van der Waals surface area contributed by atoms with Gasteiger partial charge in [-0.15, -0.1) is 0 Å². The largest absolute Gasteiger partial charge is 0.456 e. The Kier molecular flexibility index (Phi) is 3.17. The van der Waals surface area contributed by atoms with E-state index >= 15 is 0 Å². The van der Waals surface area contributed by atoms with Gasteiger partial charge in [0.15, 0.2) is 0 Å². The van der Waals surface area contributed by atoms with Gasteiger partial charge in [-0.1, -0.05) is 18.2 Å². The van der Waals surface area contributed by atoms with Crippen molar-refractivity contribution in [3.05, 3.63) is 52.9 Å². The number of anilines is 1. The molecule has 0 aliphatic carbocycles. The number of fused-ring (bicyclic) bond motifs is 3. The molecule has 3 aromatic rings. The van der Waals surface area contributed by atoms with Crippen molar-refractivity contribution in [1.82, 2.24) is 4.90 Å². The van der Waals surface area contributed by atoms with Crippen LogP contribution in [-0.4, -0.2) is 18.1 Å². The molecule has 3 nitrogen and oxygen atoms in total. The first-order chi connectivity index (χ1) is 11.4. The molecule has 0 spiro atoms. The molecule has 1 aliphatic rings. The summed E-state index contributed by atoms with van der Waals surface area (Å²) in [4.78, 5) is 4.78. The van der Waals surface area contributed by atoms with Crippen LogP contribution < -0.4 is 4.90 Å². The maximum Gasteiger partial charge on any atom is 0.138 e. The van der Waals surface area contributed by atoms with Crippen LogP contribution in [0.15, 0.2) is 46.1 Å². The van der Waals surface area contributed by atoms with E-state index in [4.69, 9.17) is 4.42 Å². The topological polar surface area (TPSA) is 19.6 Å². The number of aryl methyl sites for hydroxylation is 1. The number of rotatable bonds is 1. The summed E-state index contributed by atoms with van der Waals surface area (Å²) >= 11 is 0. The van der Waals surface area contributed by atoms with Gasteiger partial charge in [0.25, 0.3) is 0 Å². The maximum atomic E-state index is 6.14. The van der Waals surface area contributed by atoms with Crippen molar-refractivity contribution in [2.45, 2.75) is 40.8 Å². The molecule has 2 heterocycles. The molecule has 0 saturated carbocycles. The highest BCUT2D eigenvalue weighted by atomic mass is 16.3. The van der Waals surface area contributed by atoms with Gasteiger partial charge in [-0.05, 0) is 57.9 Å². The Labute approximate surface area is 143 Å². The fourth-order valence-corrected chi connectivity index (χ4v) is 3.89. The number of para-hydroxylation sites is 1. The average Bonchev–Trinajstić information content (AvgIpc) is 3.04. The van der Waals surface area contributed by atoms with Gasteiger partial charge in [0.1, 0.15) is 17.3 Å². The Morgan fingerprint density at radius 1 is 0.917 bits per heavy atom. The molecule has 4 rings (SSSR count). The lowest BCUT2D eigenvalue weighted by atomic mass is 10.0. The Morgan fingerprint density at radius 3 is 2.29 bits per heavy atom. The molecular formula is C21H24N2O. The molecule has 1 unspecified atom stereocenters. The van der Waals surface area contributed by atoms with E-state index in [-0.39, 0.29) is 0 Å². The van der Waals surface area contributed by atoms with Crippen molar-refractivity contribution < 1.29 is 4.42 Å². The van der Waals surface area contributed by atoms with Crippen molar-refractivity contribution in [1.29, 1.82) is 0 Å². The van der Waals surface area contributed by atoms with Gasteiger partial charge in [-0.3, -0.25) is 0 Å². The minimum atomic E-state index is 0.318. The lowest BCUT2D eigenvalue weighted by Crippen LogP contribution is -2.35. The van der Waals surface area contributed by atoms with Crippen LogP contribution in [-0.2, 0) is 0 Å². The summed E-state index contributed by atoms with van der Waals surface area (Å²) in [6.07, 6.45) is 0.318. The van der Waals surface area contributed by atoms with E-state index in [1.165, 1.54) is 39.0 Å². The number of nitrogens with zero attached hydrogens (tertiary/aromatic N) is 2. The van der Waals surface area contributed by atoms with Gasteiger partial charge in [-0.2, -0.15) is 0 Å². The van der Waals surface area contributed by atoms with Crippen molar-refractivity contribution in [3.8, 4) is 0 Å². The van der Waals surface area contributed by atoms with E-state index in [9.17, 15) is 0 Å². The van der Waals surface area contributed by atoms with E-state index in [2.05, 4.69) is 69.7 Å². The molecule has 0 amide bonds. The second-order valence-corrected chi connectivity index (χ2v) is 6.90. The standard InChI is InChI=1S/C21H24N2O/c1-12-13(2)21-18(17-9-7-8-10-20(17)24-21)11-19(12)23-15(4)14(3)22(6)16(23)5/h7-11,16H,1-6H3. The molecule has 0 bridgehead atoms. The molecule has 2 aromatic carbocycles. The van der Waals surface area contributed by atoms with Crippen molar-refractivity contribution in [2.75, 3.05) is 11.9 Å². The molecule has 1 atom stereocenters. The van der Waals surface area contributed by atoms with Crippen molar-refractivity contribution in [2.24, 2.45) is 0 Å². The SMILES string of the molecule is CC1=C(C)N(c2cc3c(oc4ccccc43)c(C)c2C)C(C)N1C. The molecule has 124 valence electrons. The van der Waals surface area contributed by atoms with Gasteiger partial charge < -0.3 is 14.2 Å². The normalized spacial score (nSPS) is 18.5. The van der Waals surface area contributed by atoms with Gasteiger partial charge in [0.2, 0.25) is 0 Å². The fourth-order valence-electron chi connectivity index (χ4n) is 3.89. The molecule has 3 heteroatoms. The van der Waals surface area contributed by atoms with Crippen LogP contribution in [0.1, 0.15) is 31.9 Å². The molecule has 0 radical (unpaired) electrons. The van der Waals surface area contributed by atoms with E-state index in [1.54, 1.807) is 0 Å². The smallest absolute Gasteiger partial charge is 0.138 e. The second-order valence-electron chi connectivity index (χ2n) is 6.90. The van der Waals surface area contributed by atoms with Gasteiger partial charge >= 0.3 is 0 Å². The van der Waals surface area contributed by atoms with E-state index < -0.39 is 0 Å². The van der Waals surface area contributed by atoms with Crippen LogP contribution in [0.3, 0.4) is 0 Å². The van der Waals surface area contributed by atoms with Crippen LogP contribution in [0.25, 0.3) is 21.9 Å². The van der Waals surface area contributed by atoms with Gasteiger partial charge in [-0.25, -0.2) is 0 Å². The fraction of sp³-hybridized carbons (Fsp3) is 0.333. The number of hydrogen-bond donors (Lipinski definition) is 0. The zero-order chi connectivity index (χ0) is 17.2.